The fourth-order valence-corrected chi connectivity index (χ4v) is 1.49. The van der Waals surface area contributed by atoms with Crippen molar-refractivity contribution >= 4 is 5.84 Å². The van der Waals surface area contributed by atoms with Gasteiger partial charge in [-0.15, -0.1) is 0 Å². The van der Waals surface area contributed by atoms with E-state index in [2.05, 4.69) is 25.9 Å². The Kier molecular flexibility index (Phi) is 4.59. The molecule has 0 amide bonds. The monoisotopic (exact) mass is 250 g/mol. The second-order valence-corrected chi connectivity index (χ2v) is 5.64. The van der Waals surface area contributed by atoms with Gasteiger partial charge in [0.15, 0.2) is 5.84 Å². The third kappa shape index (κ3) is 4.28. The number of ether oxygens (including phenoxy) is 1. The van der Waals surface area contributed by atoms with Gasteiger partial charge in [-0.2, -0.15) is 0 Å². The van der Waals surface area contributed by atoms with Crippen molar-refractivity contribution in [1.29, 1.82) is 0 Å². The van der Waals surface area contributed by atoms with E-state index >= 15 is 0 Å². The van der Waals surface area contributed by atoms with Crippen LogP contribution in [0.3, 0.4) is 0 Å². The molecule has 1 aromatic carbocycles. The second kappa shape index (κ2) is 5.76. The molecule has 0 bridgehead atoms. The van der Waals surface area contributed by atoms with Crippen LogP contribution in [0.25, 0.3) is 0 Å². The Morgan fingerprint density at radius 1 is 1.39 bits per heavy atom. The molecule has 1 aromatic rings. The summed E-state index contributed by atoms with van der Waals surface area (Å²) >= 11 is 0. The van der Waals surface area contributed by atoms with Crippen LogP contribution in [0.2, 0.25) is 0 Å². The molecule has 0 spiro atoms. The summed E-state index contributed by atoms with van der Waals surface area (Å²) in [6.07, 6.45) is 0.941. The number of oxime groups is 1. The molecule has 0 unspecified atom stereocenters. The Balaban J connectivity index is 2.82. The average molecular weight is 250 g/mol. The van der Waals surface area contributed by atoms with Gasteiger partial charge in [0.1, 0.15) is 5.75 Å². The van der Waals surface area contributed by atoms with Gasteiger partial charge in [0.2, 0.25) is 0 Å². The summed E-state index contributed by atoms with van der Waals surface area (Å²) in [5.74, 6) is 0.726. The smallest absolute Gasteiger partial charge is 0.173 e. The lowest BCUT2D eigenvalue weighted by Gasteiger charge is -2.19. The van der Waals surface area contributed by atoms with E-state index in [0.29, 0.717) is 17.9 Å². The summed E-state index contributed by atoms with van der Waals surface area (Å²) in [6.45, 7) is 9.05. The van der Waals surface area contributed by atoms with E-state index in [1.165, 1.54) is 0 Å². The Bertz CT molecular complexity index is 434. The first kappa shape index (κ1) is 14.4. The predicted molar refractivity (Wildman–Crippen MR) is 73.3 cm³/mol. The van der Waals surface area contributed by atoms with Crippen LogP contribution in [0, 0.1) is 12.3 Å². The van der Waals surface area contributed by atoms with Crippen LogP contribution in [0.5, 0.6) is 5.75 Å². The summed E-state index contributed by atoms with van der Waals surface area (Å²) in [5.41, 5.74) is 7.54. The molecule has 0 atom stereocenters. The van der Waals surface area contributed by atoms with E-state index in [-0.39, 0.29) is 11.3 Å². The minimum Gasteiger partial charge on any atom is -0.493 e. The molecule has 0 heterocycles. The fourth-order valence-electron chi connectivity index (χ4n) is 1.49. The molecule has 0 saturated heterocycles. The van der Waals surface area contributed by atoms with Gasteiger partial charge in [-0.3, -0.25) is 0 Å². The van der Waals surface area contributed by atoms with Crippen molar-refractivity contribution < 1.29 is 9.94 Å². The number of nitrogens with two attached hydrogens (primary N) is 1. The van der Waals surface area contributed by atoms with Crippen molar-refractivity contribution in [2.75, 3.05) is 6.61 Å². The first-order valence-electron chi connectivity index (χ1n) is 6.05. The highest BCUT2D eigenvalue weighted by atomic mass is 16.5. The summed E-state index contributed by atoms with van der Waals surface area (Å²) in [7, 11) is 0. The number of rotatable bonds is 4. The predicted octanol–water partition coefficient (Wildman–Crippen LogP) is 2.90. The molecular formula is C14H22N2O2. The molecule has 0 aromatic heterocycles. The Labute approximate surface area is 108 Å². The highest BCUT2D eigenvalue weighted by Gasteiger charge is 2.12. The minimum absolute atomic E-state index is 0.0736. The van der Waals surface area contributed by atoms with Gasteiger partial charge in [-0.1, -0.05) is 37.6 Å². The number of amidine groups is 1. The van der Waals surface area contributed by atoms with Crippen LogP contribution in [-0.4, -0.2) is 17.6 Å². The summed E-state index contributed by atoms with van der Waals surface area (Å²) in [6, 6.07) is 5.65. The van der Waals surface area contributed by atoms with Crippen molar-refractivity contribution in [3.8, 4) is 5.75 Å². The first-order chi connectivity index (χ1) is 8.33. The SMILES string of the molecule is Cc1ccc(OCCC(C)(C)C)c(/C(N)=N/O)c1. The van der Waals surface area contributed by atoms with Gasteiger partial charge >= 0.3 is 0 Å². The molecule has 3 N–H and O–H groups in total. The Morgan fingerprint density at radius 2 is 2.06 bits per heavy atom. The van der Waals surface area contributed by atoms with E-state index in [1.54, 1.807) is 0 Å². The first-order valence-corrected chi connectivity index (χ1v) is 6.05. The van der Waals surface area contributed by atoms with Gasteiger partial charge in [0.25, 0.3) is 0 Å². The molecule has 100 valence electrons. The lowest BCUT2D eigenvalue weighted by atomic mass is 9.93. The van der Waals surface area contributed by atoms with E-state index in [4.69, 9.17) is 15.7 Å². The molecule has 0 fully saturated rings. The summed E-state index contributed by atoms with van der Waals surface area (Å²) in [4.78, 5) is 0. The number of hydrogen-bond acceptors (Lipinski definition) is 3. The zero-order chi connectivity index (χ0) is 13.8. The Hall–Kier alpha value is -1.71. The molecule has 0 saturated carbocycles. The Morgan fingerprint density at radius 3 is 2.61 bits per heavy atom. The minimum atomic E-state index is 0.0736. The quantitative estimate of drug-likeness (QED) is 0.373. The third-order valence-electron chi connectivity index (χ3n) is 2.63. The summed E-state index contributed by atoms with van der Waals surface area (Å²) in [5, 5.41) is 11.8. The van der Waals surface area contributed by atoms with E-state index in [0.717, 1.165) is 12.0 Å². The number of hydrogen-bond donors (Lipinski definition) is 2. The van der Waals surface area contributed by atoms with Crippen LogP contribution < -0.4 is 10.5 Å². The fraction of sp³-hybridized carbons (Fsp3) is 0.500. The van der Waals surface area contributed by atoms with E-state index in [1.807, 2.05) is 25.1 Å². The topological polar surface area (TPSA) is 67.8 Å². The van der Waals surface area contributed by atoms with Gasteiger partial charge < -0.3 is 15.7 Å². The maximum atomic E-state index is 8.77. The van der Waals surface area contributed by atoms with Gasteiger partial charge in [0, 0.05) is 0 Å². The molecular weight excluding hydrogens is 228 g/mol. The maximum absolute atomic E-state index is 8.77. The van der Waals surface area contributed by atoms with Gasteiger partial charge in [-0.05, 0) is 30.9 Å². The third-order valence-corrected chi connectivity index (χ3v) is 2.63. The molecule has 4 heteroatoms. The summed E-state index contributed by atoms with van der Waals surface area (Å²) < 4.78 is 5.72. The molecule has 0 aliphatic carbocycles. The molecule has 0 aliphatic heterocycles. The van der Waals surface area contributed by atoms with Crippen LogP contribution >= 0.6 is 0 Å². The van der Waals surface area contributed by atoms with Crippen LogP contribution in [-0.2, 0) is 0 Å². The van der Waals surface area contributed by atoms with Gasteiger partial charge in [0.05, 0.1) is 12.2 Å². The van der Waals surface area contributed by atoms with Crippen LogP contribution in [0.4, 0.5) is 0 Å². The lowest BCUT2D eigenvalue weighted by molar-refractivity contribution is 0.242. The van der Waals surface area contributed by atoms with Crippen LogP contribution in [0.1, 0.15) is 38.3 Å². The maximum Gasteiger partial charge on any atom is 0.173 e. The van der Waals surface area contributed by atoms with Gasteiger partial charge in [-0.25, -0.2) is 0 Å². The lowest BCUT2D eigenvalue weighted by Crippen LogP contribution is -2.17. The van der Waals surface area contributed by atoms with Crippen molar-refractivity contribution in [1.82, 2.24) is 0 Å². The zero-order valence-electron chi connectivity index (χ0n) is 11.5. The molecule has 4 nitrogen and oxygen atoms in total. The zero-order valence-corrected chi connectivity index (χ0v) is 11.5. The van der Waals surface area contributed by atoms with E-state index in [9.17, 15) is 0 Å². The molecule has 18 heavy (non-hydrogen) atoms. The average Bonchev–Trinajstić information content (AvgIpc) is 2.28. The molecule has 0 aliphatic rings. The second-order valence-electron chi connectivity index (χ2n) is 5.64. The number of benzene rings is 1. The van der Waals surface area contributed by atoms with Crippen molar-refractivity contribution in [3.05, 3.63) is 29.3 Å². The standard InChI is InChI=1S/C14H22N2O2/c1-10-5-6-12(11(9-10)13(15)16-17)18-8-7-14(2,3)4/h5-6,9,17H,7-8H2,1-4H3,(H2,15,16). The normalized spacial score (nSPS) is 12.6. The molecule has 0 radical (unpaired) electrons. The molecule has 1 rings (SSSR count). The highest BCUT2D eigenvalue weighted by Crippen LogP contribution is 2.23. The largest absolute Gasteiger partial charge is 0.493 e. The van der Waals surface area contributed by atoms with E-state index < -0.39 is 0 Å². The van der Waals surface area contributed by atoms with Crippen molar-refractivity contribution in [2.24, 2.45) is 16.3 Å². The van der Waals surface area contributed by atoms with Crippen molar-refractivity contribution in [3.63, 3.8) is 0 Å². The number of nitrogens with zero attached hydrogens (tertiary/aromatic N) is 1. The van der Waals surface area contributed by atoms with Crippen molar-refractivity contribution in [2.45, 2.75) is 34.1 Å². The highest BCUT2D eigenvalue weighted by molar-refractivity contribution is 5.99. The number of aryl methyl sites for hydroxylation is 1. The van der Waals surface area contributed by atoms with Crippen LogP contribution in [0.15, 0.2) is 23.4 Å².